The molecule has 47 heavy (non-hydrogen) atoms. The fraction of sp³-hybridized carbons (Fsp3) is 0.297. The normalized spacial score (nSPS) is 13.9. The van der Waals surface area contributed by atoms with E-state index in [2.05, 4.69) is 21.2 Å². The lowest BCUT2D eigenvalue weighted by Gasteiger charge is -2.34. The first kappa shape index (κ1) is 34.2. The summed E-state index contributed by atoms with van der Waals surface area (Å²) >= 11 is 3.53. The standard InChI is InChI=1S/C37H40BrN3O5S/c1-27-20-21-35(46-2)33(22-27)41(47(44,45)32-18-7-4-8-19-32)26-36(42)40(25-29-14-11-15-30(38)23-29)34(24-28-12-5-3-6-13-28)37(43)39-31-16-9-10-17-31/h3-8,11-15,18-23,31,34H,9-10,16-17,24-26H2,1-2H3,(H,39,43)/t34-/m1/s1. The zero-order chi connectivity index (χ0) is 33.4. The van der Waals surface area contributed by atoms with Crippen molar-refractivity contribution < 1.29 is 22.7 Å². The molecule has 0 aromatic heterocycles. The van der Waals surface area contributed by atoms with Gasteiger partial charge in [-0.3, -0.25) is 13.9 Å². The molecule has 8 nitrogen and oxygen atoms in total. The van der Waals surface area contributed by atoms with Crippen molar-refractivity contribution in [2.45, 2.75) is 62.6 Å². The molecule has 1 fully saturated rings. The van der Waals surface area contributed by atoms with Crippen molar-refractivity contribution in [2.24, 2.45) is 0 Å². The molecule has 0 aliphatic heterocycles. The molecule has 246 valence electrons. The molecule has 10 heteroatoms. The maximum Gasteiger partial charge on any atom is 0.264 e. The van der Waals surface area contributed by atoms with Crippen LogP contribution in [-0.2, 0) is 32.6 Å². The number of carbonyl (C=O) groups excluding carboxylic acids is 2. The monoisotopic (exact) mass is 717 g/mol. The van der Waals surface area contributed by atoms with E-state index in [9.17, 15) is 18.0 Å². The second-order valence-corrected chi connectivity index (χ2v) is 14.6. The molecular weight excluding hydrogens is 678 g/mol. The molecule has 4 aromatic carbocycles. The van der Waals surface area contributed by atoms with E-state index < -0.39 is 28.5 Å². The summed E-state index contributed by atoms with van der Waals surface area (Å²) in [5.74, 6) is -0.466. The summed E-state index contributed by atoms with van der Waals surface area (Å²) < 4.78 is 36.2. The van der Waals surface area contributed by atoms with Gasteiger partial charge in [-0.2, -0.15) is 0 Å². The number of amides is 2. The second-order valence-electron chi connectivity index (χ2n) is 11.8. The Balaban J connectivity index is 1.60. The highest BCUT2D eigenvalue weighted by molar-refractivity contribution is 9.10. The number of hydrogen-bond acceptors (Lipinski definition) is 5. The lowest BCUT2D eigenvalue weighted by Crippen LogP contribution is -2.54. The molecule has 1 aliphatic carbocycles. The molecule has 1 N–H and O–H groups in total. The van der Waals surface area contributed by atoms with Crippen LogP contribution in [0.3, 0.4) is 0 Å². The Morgan fingerprint density at radius 2 is 1.55 bits per heavy atom. The number of anilines is 1. The topological polar surface area (TPSA) is 96.0 Å². The Morgan fingerprint density at radius 1 is 0.894 bits per heavy atom. The Kier molecular flexibility index (Phi) is 11.4. The first-order chi connectivity index (χ1) is 22.7. The Labute approximate surface area is 285 Å². The molecule has 1 atom stereocenters. The first-order valence-electron chi connectivity index (χ1n) is 15.8. The molecule has 0 unspecified atom stereocenters. The molecule has 0 heterocycles. The third kappa shape index (κ3) is 8.61. The third-order valence-corrected chi connectivity index (χ3v) is 10.7. The second kappa shape index (κ2) is 15.6. The van der Waals surface area contributed by atoms with Crippen molar-refractivity contribution in [3.05, 3.63) is 124 Å². The highest BCUT2D eigenvalue weighted by Crippen LogP contribution is 2.34. The summed E-state index contributed by atoms with van der Waals surface area (Å²) in [6.45, 7) is 1.39. The molecule has 5 rings (SSSR count). The minimum Gasteiger partial charge on any atom is -0.495 e. The van der Waals surface area contributed by atoms with E-state index in [0.717, 1.165) is 51.2 Å². The van der Waals surface area contributed by atoms with Crippen LogP contribution in [0, 0.1) is 6.92 Å². The molecule has 0 radical (unpaired) electrons. The summed E-state index contributed by atoms with van der Waals surface area (Å²) in [5, 5.41) is 3.20. The molecule has 0 bridgehead atoms. The van der Waals surface area contributed by atoms with E-state index in [-0.39, 0.29) is 35.5 Å². The van der Waals surface area contributed by atoms with Crippen LogP contribution in [-0.4, -0.2) is 50.9 Å². The van der Waals surface area contributed by atoms with Crippen molar-refractivity contribution in [2.75, 3.05) is 18.0 Å². The first-order valence-corrected chi connectivity index (χ1v) is 18.0. The van der Waals surface area contributed by atoms with Crippen LogP contribution in [0.2, 0.25) is 0 Å². The number of ether oxygens (including phenoxy) is 1. The van der Waals surface area contributed by atoms with Gasteiger partial charge in [-0.05, 0) is 72.9 Å². The predicted octanol–water partition coefficient (Wildman–Crippen LogP) is 6.66. The SMILES string of the molecule is COc1ccc(C)cc1N(CC(=O)N(Cc1cccc(Br)c1)[C@H](Cc1ccccc1)C(=O)NC1CCCC1)S(=O)(=O)c1ccccc1. The van der Waals surface area contributed by atoms with Gasteiger partial charge in [0.15, 0.2) is 0 Å². The summed E-state index contributed by atoms with van der Waals surface area (Å²) in [5.41, 5.74) is 2.72. The van der Waals surface area contributed by atoms with Crippen LogP contribution < -0.4 is 14.4 Å². The van der Waals surface area contributed by atoms with Crippen molar-refractivity contribution in [1.82, 2.24) is 10.2 Å². The quantitative estimate of drug-likeness (QED) is 0.167. The molecular formula is C37H40BrN3O5S. The van der Waals surface area contributed by atoms with E-state index in [1.54, 1.807) is 30.3 Å². The van der Waals surface area contributed by atoms with Crippen LogP contribution in [0.25, 0.3) is 0 Å². The number of carbonyl (C=O) groups is 2. The summed E-state index contributed by atoms with van der Waals surface area (Å²) in [6.07, 6.45) is 4.12. The Bertz CT molecular complexity index is 1780. The molecule has 0 saturated heterocycles. The van der Waals surface area contributed by atoms with E-state index >= 15 is 0 Å². The molecule has 1 aliphatic rings. The van der Waals surface area contributed by atoms with Gasteiger partial charge in [-0.15, -0.1) is 0 Å². The van der Waals surface area contributed by atoms with E-state index in [1.807, 2.05) is 67.6 Å². The van der Waals surface area contributed by atoms with Gasteiger partial charge in [-0.25, -0.2) is 8.42 Å². The summed E-state index contributed by atoms with van der Waals surface area (Å²) in [6, 6.07) is 29.5. The van der Waals surface area contributed by atoms with Gasteiger partial charge in [0.05, 0.1) is 17.7 Å². The number of sulfonamides is 1. The average Bonchev–Trinajstić information content (AvgIpc) is 3.59. The lowest BCUT2D eigenvalue weighted by molar-refractivity contribution is -0.140. The predicted molar refractivity (Wildman–Crippen MR) is 188 cm³/mol. The summed E-state index contributed by atoms with van der Waals surface area (Å²) in [4.78, 5) is 30.5. The van der Waals surface area contributed by atoms with Gasteiger partial charge in [-0.1, -0.05) is 95.5 Å². The number of nitrogens with zero attached hydrogens (tertiary/aromatic N) is 2. The van der Waals surface area contributed by atoms with E-state index in [1.165, 1.54) is 24.1 Å². The number of benzene rings is 4. The van der Waals surface area contributed by atoms with Crippen LogP contribution in [0.1, 0.15) is 42.4 Å². The fourth-order valence-corrected chi connectivity index (χ4v) is 7.87. The molecule has 1 saturated carbocycles. The minimum atomic E-state index is -4.24. The number of aryl methyl sites for hydroxylation is 1. The van der Waals surface area contributed by atoms with E-state index in [0.29, 0.717) is 5.75 Å². The van der Waals surface area contributed by atoms with Crippen LogP contribution in [0.5, 0.6) is 5.75 Å². The third-order valence-electron chi connectivity index (χ3n) is 8.43. The smallest absolute Gasteiger partial charge is 0.264 e. The van der Waals surface area contributed by atoms with Crippen LogP contribution in [0.15, 0.2) is 112 Å². The number of rotatable bonds is 13. The van der Waals surface area contributed by atoms with Gasteiger partial charge in [0.25, 0.3) is 10.0 Å². The number of halogens is 1. The largest absolute Gasteiger partial charge is 0.495 e. The lowest BCUT2D eigenvalue weighted by atomic mass is 10.0. The maximum absolute atomic E-state index is 14.7. The number of hydrogen-bond donors (Lipinski definition) is 1. The van der Waals surface area contributed by atoms with Gasteiger partial charge in [0, 0.05) is 23.5 Å². The van der Waals surface area contributed by atoms with Gasteiger partial charge in [0.1, 0.15) is 18.3 Å². The highest BCUT2D eigenvalue weighted by Gasteiger charge is 2.36. The van der Waals surface area contributed by atoms with Gasteiger partial charge >= 0.3 is 0 Å². The molecule has 2 amide bonds. The highest BCUT2D eigenvalue weighted by atomic mass is 79.9. The maximum atomic E-state index is 14.7. The molecule has 4 aromatic rings. The van der Waals surface area contributed by atoms with Gasteiger partial charge < -0.3 is 15.0 Å². The summed E-state index contributed by atoms with van der Waals surface area (Å²) in [7, 11) is -2.77. The van der Waals surface area contributed by atoms with E-state index in [4.69, 9.17) is 4.74 Å². The molecule has 0 spiro atoms. The fourth-order valence-electron chi connectivity index (χ4n) is 5.98. The minimum absolute atomic E-state index is 0.0368. The zero-order valence-electron chi connectivity index (χ0n) is 26.6. The van der Waals surface area contributed by atoms with Crippen LogP contribution >= 0.6 is 15.9 Å². The number of methoxy groups -OCH3 is 1. The van der Waals surface area contributed by atoms with Crippen LogP contribution in [0.4, 0.5) is 5.69 Å². The van der Waals surface area contributed by atoms with Crippen molar-refractivity contribution in [1.29, 1.82) is 0 Å². The Morgan fingerprint density at radius 3 is 2.21 bits per heavy atom. The Hall–Kier alpha value is -4.15. The number of nitrogens with one attached hydrogen (secondary N) is 1. The average molecular weight is 719 g/mol. The zero-order valence-corrected chi connectivity index (χ0v) is 29.0. The van der Waals surface area contributed by atoms with Crippen molar-refractivity contribution in [3.8, 4) is 5.75 Å². The van der Waals surface area contributed by atoms with Crippen molar-refractivity contribution >= 4 is 43.5 Å². The van der Waals surface area contributed by atoms with Gasteiger partial charge in [0.2, 0.25) is 11.8 Å². The van der Waals surface area contributed by atoms with Crippen molar-refractivity contribution in [3.63, 3.8) is 0 Å².